The number of sulfonamides is 1. The van der Waals surface area contributed by atoms with Crippen molar-refractivity contribution in [2.75, 3.05) is 25.1 Å². The molecule has 11 heteroatoms. The lowest BCUT2D eigenvalue weighted by Gasteiger charge is -2.25. The summed E-state index contributed by atoms with van der Waals surface area (Å²) in [6, 6.07) is 16.9. The van der Waals surface area contributed by atoms with E-state index in [9.17, 15) is 23.1 Å². The summed E-state index contributed by atoms with van der Waals surface area (Å²) >= 11 is 0. The molecule has 188 valence electrons. The summed E-state index contributed by atoms with van der Waals surface area (Å²) in [6.45, 7) is 1.20. The van der Waals surface area contributed by atoms with E-state index in [1.807, 2.05) is 6.92 Å². The first kappa shape index (κ1) is 26.2. The van der Waals surface area contributed by atoms with Crippen LogP contribution in [-0.4, -0.2) is 52.4 Å². The van der Waals surface area contributed by atoms with Gasteiger partial charge in [-0.2, -0.15) is 5.10 Å². The molecule has 0 aliphatic heterocycles. The number of carbonyl (C=O) groups excluding carboxylic acids is 1. The Morgan fingerprint density at radius 2 is 1.72 bits per heavy atom. The van der Waals surface area contributed by atoms with Crippen molar-refractivity contribution in [2.24, 2.45) is 5.10 Å². The average Bonchev–Trinajstić information content (AvgIpc) is 2.87. The monoisotopic (exact) mass is 511 g/mol. The number of hydrogen-bond acceptors (Lipinski definition) is 7. The number of anilines is 1. The van der Waals surface area contributed by atoms with Gasteiger partial charge >= 0.3 is 5.97 Å². The van der Waals surface area contributed by atoms with Crippen molar-refractivity contribution in [3.8, 4) is 11.5 Å². The molecule has 36 heavy (non-hydrogen) atoms. The van der Waals surface area contributed by atoms with Gasteiger partial charge in [0.25, 0.3) is 15.9 Å². The molecule has 0 radical (unpaired) electrons. The third-order valence-electron chi connectivity index (χ3n) is 5.14. The summed E-state index contributed by atoms with van der Waals surface area (Å²) in [4.78, 5) is 24.1. The van der Waals surface area contributed by atoms with E-state index in [4.69, 9.17) is 9.47 Å². The molecule has 0 aromatic heterocycles. The van der Waals surface area contributed by atoms with E-state index in [1.54, 1.807) is 30.3 Å². The van der Waals surface area contributed by atoms with Crippen molar-refractivity contribution in [1.82, 2.24) is 5.43 Å². The second-order valence-corrected chi connectivity index (χ2v) is 9.41. The highest BCUT2D eigenvalue weighted by atomic mass is 32.2. The predicted molar refractivity (Wildman–Crippen MR) is 134 cm³/mol. The minimum atomic E-state index is -4.19. The van der Waals surface area contributed by atoms with Gasteiger partial charge in [-0.15, -0.1) is 0 Å². The highest BCUT2D eigenvalue weighted by molar-refractivity contribution is 7.92. The standard InChI is InChI=1S/C25H25N3O7S/c1-17-8-11-20(12-9-17)36(32,33)28(22-13-10-19(34-2)14-23(22)35-3)16-24(29)27-26-15-18-6-4-5-7-21(18)25(30)31/h4-15H,16H2,1-3H3,(H,27,29)(H,30,31)/b26-15-. The van der Waals surface area contributed by atoms with Crippen LogP contribution in [0.4, 0.5) is 5.69 Å². The first-order chi connectivity index (χ1) is 17.2. The number of carbonyl (C=O) groups is 2. The number of hydrazone groups is 1. The highest BCUT2D eigenvalue weighted by Gasteiger charge is 2.29. The van der Waals surface area contributed by atoms with E-state index in [-0.39, 0.29) is 27.5 Å². The predicted octanol–water partition coefficient (Wildman–Crippen LogP) is 3.06. The van der Waals surface area contributed by atoms with E-state index >= 15 is 0 Å². The summed E-state index contributed by atoms with van der Waals surface area (Å²) < 4.78 is 38.6. The summed E-state index contributed by atoms with van der Waals surface area (Å²) in [5.74, 6) is -1.29. The van der Waals surface area contributed by atoms with Gasteiger partial charge in [-0.05, 0) is 37.3 Å². The molecule has 0 fully saturated rings. The number of ether oxygens (including phenoxy) is 2. The first-order valence-electron chi connectivity index (χ1n) is 10.6. The maximum atomic E-state index is 13.6. The molecule has 2 N–H and O–H groups in total. The SMILES string of the molecule is COc1ccc(N(CC(=O)N/N=C\c2ccccc2C(=O)O)S(=O)(=O)c2ccc(C)cc2)c(OC)c1. The lowest BCUT2D eigenvalue weighted by atomic mass is 10.1. The number of amides is 1. The van der Waals surface area contributed by atoms with Gasteiger partial charge in [0.05, 0.1) is 36.6 Å². The summed E-state index contributed by atoms with van der Waals surface area (Å²) in [5.41, 5.74) is 3.52. The Kier molecular flexibility index (Phi) is 8.28. The zero-order valence-corrected chi connectivity index (χ0v) is 20.7. The number of carboxylic acid groups (broad SMARTS) is 1. The molecule has 0 aliphatic carbocycles. The molecular formula is C25H25N3O7S. The van der Waals surface area contributed by atoms with E-state index in [1.165, 1.54) is 56.8 Å². The summed E-state index contributed by atoms with van der Waals surface area (Å²) in [5, 5.41) is 13.1. The van der Waals surface area contributed by atoms with Crippen molar-refractivity contribution >= 4 is 33.8 Å². The van der Waals surface area contributed by atoms with E-state index in [0.29, 0.717) is 5.75 Å². The molecular weight excluding hydrogens is 486 g/mol. The number of aromatic carboxylic acids is 1. The molecule has 0 saturated carbocycles. The van der Waals surface area contributed by atoms with E-state index in [2.05, 4.69) is 10.5 Å². The van der Waals surface area contributed by atoms with Gasteiger partial charge in [0.2, 0.25) is 0 Å². The number of benzene rings is 3. The summed E-state index contributed by atoms with van der Waals surface area (Å²) in [7, 11) is -1.36. The molecule has 0 atom stereocenters. The van der Waals surface area contributed by atoms with Crippen LogP contribution < -0.4 is 19.2 Å². The van der Waals surface area contributed by atoms with Crippen molar-refractivity contribution in [3.63, 3.8) is 0 Å². The Labute approximate surface area is 208 Å². The molecule has 1 amide bonds. The van der Waals surface area contributed by atoms with Crippen molar-refractivity contribution in [3.05, 3.63) is 83.4 Å². The average molecular weight is 512 g/mol. The highest BCUT2D eigenvalue weighted by Crippen LogP contribution is 2.35. The number of hydrogen-bond donors (Lipinski definition) is 2. The zero-order chi connectivity index (χ0) is 26.3. The molecule has 0 bridgehead atoms. The molecule has 3 rings (SSSR count). The number of aryl methyl sites for hydroxylation is 1. The Morgan fingerprint density at radius 3 is 2.36 bits per heavy atom. The maximum Gasteiger partial charge on any atom is 0.336 e. The molecule has 0 unspecified atom stereocenters. The van der Waals surface area contributed by atoms with Crippen LogP contribution in [0, 0.1) is 6.92 Å². The number of carboxylic acids is 1. The van der Waals surface area contributed by atoms with Crippen LogP contribution in [0.1, 0.15) is 21.5 Å². The van der Waals surface area contributed by atoms with Gasteiger partial charge in [0.1, 0.15) is 18.0 Å². The Balaban J connectivity index is 1.94. The second-order valence-electron chi connectivity index (χ2n) is 7.55. The number of rotatable bonds is 10. The number of nitrogens with one attached hydrogen (secondary N) is 1. The normalized spacial score (nSPS) is 11.2. The molecule has 10 nitrogen and oxygen atoms in total. The minimum Gasteiger partial charge on any atom is -0.497 e. The largest absolute Gasteiger partial charge is 0.497 e. The lowest BCUT2D eigenvalue weighted by molar-refractivity contribution is -0.119. The molecule has 3 aromatic rings. The third kappa shape index (κ3) is 5.99. The van der Waals surface area contributed by atoms with Crippen LogP contribution in [0.3, 0.4) is 0 Å². The van der Waals surface area contributed by atoms with Crippen LogP contribution >= 0.6 is 0 Å². The van der Waals surface area contributed by atoms with Crippen LogP contribution in [0.2, 0.25) is 0 Å². The number of methoxy groups -OCH3 is 2. The third-order valence-corrected chi connectivity index (χ3v) is 6.91. The van der Waals surface area contributed by atoms with Gasteiger partial charge in [-0.25, -0.2) is 18.6 Å². The fraction of sp³-hybridized carbons (Fsp3) is 0.160. The molecule has 0 saturated heterocycles. The first-order valence-corrected chi connectivity index (χ1v) is 12.1. The van der Waals surface area contributed by atoms with Gasteiger partial charge in [0, 0.05) is 11.6 Å². The van der Waals surface area contributed by atoms with Crippen LogP contribution in [0.5, 0.6) is 11.5 Å². The van der Waals surface area contributed by atoms with Crippen molar-refractivity contribution in [1.29, 1.82) is 0 Å². The Morgan fingerprint density at radius 1 is 1.03 bits per heavy atom. The quantitative estimate of drug-likeness (QED) is 0.316. The minimum absolute atomic E-state index is 0.00189. The molecule has 0 spiro atoms. The van der Waals surface area contributed by atoms with Gasteiger partial charge in [0.15, 0.2) is 0 Å². The topological polar surface area (TPSA) is 135 Å². The van der Waals surface area contributed by atoms with Gasteiger partial charge in [-0.1, -0.05) is 35.9 Å². The fourth-order valence-electron chi connectivity index (χ4n) is 3.27. The molecule has 0 aliphatic rings. The lowest BCUT2D eigenvalue weighted by Crippen LogP contribution is -2.39. The van der Waals surface area contributed by atoms with Crippen molar-refractivity contribution < 1.29 is 32.6 Å². The van der Waals surface area contributed by atoms with Crippen molar-refractivity contribution in [2.45, 2.75) is 11.8 Å². The Hall–Kier alpha value is -4.38. The Bertz CT molecular complexity index is 1390. The molecule has 3 aromatic carbocycles. The smallest absolute Gasteiger partial charge is 0.336 e. The zero-order valence-electron chi connectivity index (χ0n) is 19.8. The van der Waals surface area contributed by atoms with Gasteiger partial charge in [-0.3, -0.25) is 9.10 Å². The van der Waals surface area contributed by atoms with Crippen LogP contribution in [-0.2, 0) is 14.8 Å². The van der Waals surface area contributed by atoms with Crippen LogP contribution in [0.15, 0.2) is 76.7 Å². The maximum absolute atomic E-state index is 13.6. The summed E-state index contributed by atoms with van der Waals surface area (Å²) in [6.07, 6.45) is 1.17. The van der Waals surface area contributed by atoms with E-state index < -0.39 is 28.4 Å². The fourth-order valence-corrected chi connectivity index (χ4v) is 4.70. The molecule has 0 heterocycles. The van der Waals surface area contributed by atoms with Gasteiger partial charge < -0.3 is 14.6 Å². The second kappa shape index (κ2) is 11.4. The van der Waals surface area contributed by atoms with E-state index in [0.717, 1.165) is 9.87 Å². The van der Waals surface area contributed by atoms with Crippen LogP contribution in [0.25, 0.3) is 0 Å². The number of nitrogens with zero attached hydrogens (tertiary/aromatic N) is 2.